The number of aromatic nitrogens is 1. The van der Waals surface area contributed by atoms with Crippen molar-refractivity contribution in [3.63, 3.8) is 0 Å². The van der Waals surface area contributed by atoms with Gasteiger partial charge in [-0.05, 0) is 24.3 Å². The Labute approximate surface area is 163 Å². The quantitative estimate of drug-likeness (QED) is 0.653. The topological polar surface area (TPSA) is 63.7 Å². The van der Waals surface area contributed by atoms with Crippen LogP contribution in [0.5, 0.6) is 16.6 Å². The third kappa shape index (κ3) is 3.96. The average Bonchev–Trinajstić information content (AvgIpc) is 3.07. The number of nitrogens with one attached hydrogen (secondary N) is 1. The number of rotatable bonds is 3. The monoisotopic (exact) mass is 405 g/mol. The van der Waals surface area contributed by atoms with Crippen LogP contribution < -0.4 is 19.7 Å². The fraction of sp³-hybridized carbons (Fsp3) is 0.111. The molecule has 0 fully saturated rings. The van der Waals surface area contributed by atoms with E-state index in [0.717, 1.165) is 11.3 Å². The average molecular weight is 406 g/mol. The molecule has 0 saturated carbocycles. The van der Waals surface area contributed by atoms with Crippen LogP contribution in [0.25, 0.3) is 0 Å². The summed E-state index contributed by atoms with van der Waals surface area (Å²) < 4.78 is 24.3. The molecule has 138 valence electrons. The highest BCUT2D eigenvalue weighted by atomic mass is 35.5. The molecule has 1 aliphatic heterocycles. The number of ether oxygens (including phenoxy) is 2. The van der Waals surface area contributed by atoms with Crippen LogP contribution in [0.3, 0.4) is 0 Å². The Balaban J connectivity index is 1.46. The van der Waals surface area contributed by atoms with Gasteiger partial charge in [0.2, 0.25) is 5.06 Å². The van der Waals surface area contributed by atoms with E-state index < -0.39 is 5.82 Å². The lowest BCUT2D eigenvalue weighted by molar-refractivity contribution is 0.250. The number of fused-ring (bicyclic) bond motifs is 1. The molecule has 3 aromatic rings. The summed E-state index contributed by atoms with van der Waals surface area (Å²) in [5, 5.41) is 4.08. The van der Waals surface area contributed by atoms with E-state index in [4.69, 9.17) is 21.1 Å². The summed E-state index contributed by atoms with van der Waals surface area (Å²) in [7, 11) is 0. The standard InChI is InChI=1S/C18H13ClFN3O3S/c19-11-4-5-14-15(8-11)25-7-6-23(14)18(24)22-17-21-10-16(27-17)26-13-3-1-2-12(20)9-13/h1-5,8-10H,6-7H2,(H,21,22,24). The Morgan fingerprint density at radius 1 is 1.33 bits per heavy atom. The maximum atomic E-state index is 13.2. The molecule has 0 radical (unpaired) electrons. The summed E-state index contributed by atoms with van der Waals surface area (Å²) in [5.41, 5.74) is 0.635. The minimum atomic E-state index is -0.392. The van der Waals surface area contributed by atoms with E-state index in [9.17, 15) is 9.18 Å². The summed E-state index contributed by atoms with van der Waals surface area (Å²) in [5.74, 6) is 0.519. The van der Waals surface area contributed by atoms with E-state index in [-0.39, 0.29) is 6.03 Å². The molecule has 4 rings (SSSR count). The van der Waals surface area contributed by atoms with Crippen molar-refractivity contribution in [1.29, 1.82) is 0 Å². The third-order valence-electron chi connectivity index (χ3n) is 3.74. The zero-order chi connectivity index (χ0) is 18.8. The summed E-state index contributed by atoms with van der Waals surface area (Å²) in [4.78, 5) is 18.3. The molecule has 0 bridgehead atoms. The number of hydrogen-bond donors (Lipinski definition) is 1. The van der Waals surface area contributed by atoms with Gasteiger partial charge in [-0.2, -0.15) is 0 Å². The van der Waals surface area contributed by atoms with Gasteiger partial charge in [0.1, 0.15) is 23.9 Å². The Kier molecular flexibility index (Phi) is 4.83. The Morgan fingerprint density at radius 2 is 2.22 bits per heavy atom. The summed E-state index contributed by atoms with van der Waals surface area (Å²) in [6, 6.07) is 10.6. The summed E-state index contributed by atoms with van der Waals surface area (Å²) >= 11 is 7.11. The van der Waals surface area contributed by atoms with Crippen LogP contribution in [-0.4, -0.2) is 24.2 Å². The van der Waals surface area contributed by atoms with Crippen molar-refractivity contribution in [2.45, 2.75) is 0 Å². The normalized spacial score (nSPS) is 12.9. The highest BCUT2D eigenvalue weighted by molar-refractivity contribution is 7.17. The molecule has 0 unspecified atom stereocenters. The molecule has 0 aliphatic carbocycles. The van der Waals surface area contributed by atoms with E-state index >= 15 is 0 Å². The van der Waals surface area contributed by atoms with Crippen molar-refractivity contribution >= 4 is 39.8 Å². The van der Waals surface area contributed by atoms with Crippen LogP contribution >= 0.6 is 22.9 Å². The van der Waals surface area contributed by atoms with Gasteiger partial charge in [-0.1, -0.05) is 29.0 Å². The zero-order valence-electron chi connectivity index (χ0n) is 13.8. The van der Waals surface area contributed by atoms with Crippen LogP contribution in [0.15, 0.2) is 48.7 Å². The molecule has 0 saturated heterocycles. The largest absolute Gasteiger partial charge is 0.489 e. The van der Waals surface area contributed by atoms with E-state index in [1.165, 1.54) is 18.3 Å². The molecule has 2 heterocycles. The van der Waals surface area contributed by atoms with E-state index in [1.54, 1.807) is 35.2 Å². The molecule has 1 aromatic heterocycles. The van der Waals surface area contributed by atoms with Crippen molar-refractivity contribution in [3.8, 4) is 16.6 Å². The van der Waals surface area contributed by atoms with Gasteiger partial charge in [-0.25, -0.2) is 14.2 Å². The molecule has 27 heavy (non-hydrogen) atoms. The van der Waals surface area contributed by atoms with Gasteiger partial charge in [-0.3, -0.25) is 10.2 Å². The maximum Gasteiger partial charge on any atom is 0.328 e. The Morgan fingerprint density at radius 3 is 3.07 bits per heavy atom. The minimum Gasteiger partial charge on any atom is -0.489 e. The molecule has 2 aromatic carbocycles. The molecule has 1 aliphatic rings. The van der Waals surface area contributed by atoms with Gasteiger partial charge >= 0.3 is 6.03 Å². The lowest BCUT2D eigenvalue weighted by Crippen LogP contribution is -2.40. The molecular weight excluding hydrogens is 393 g/mol. The lowest BCUT2D eigenvalue weighted by atomic mass is 10.2. The van der Waals surface area contributed by atoms with Crippen molar-refractivity contribution in [3.05, 3.63) is 59.5 Å². The Hall–Kier alpha value is -2.84. The molecule has 6 nitrogen and oxygen atoms in total. The number of benzene rings is 2. The van der Waals surface area contributed by atoms with E-state index in [1.807, 2.05) is 0 Å². The van der Waals surface area contributed by atoms with Gasteiger partial charge in [0, 0.05) is 17.2 Å². The molecule has 0 atom stereocenters. The zero-order valence-corrected chi connectivity index (χ0v) is 15.4. The summed E-state index contributed by atoms with van der Waals surface area (Å²) in [6.07, 6.45) is 1.47. The van der Waals surface area contributed by atoms with Gasteiger partial charge < -0.3 is 9.47 Å². The maximum absolute atomic E-state index is 13.2. The predicted octanol–water partition coefficient (Wildman–Crippen LogP) is 5.16. The van der Waals surface area contributed by atoms with Crippen LogP contribution in [0, 0.1) is 5.82 Å². The predicted molar refractivity (Wildman–Crippen MR) is 102 cm³/mol. The first-order valence-electron chi connectivity index (χ1n) is 7.98. The second-order valence-corrected chi connectivity index (χ2v) is 7.02. The van der Waals surface area contributed by atoms with Crippen molar-refractivity contribution in [1.82, 2.24) is 4.98 Å². The molecule has 2 amide bonds. The van der Waals surface area contributed by atoms with Crippen molar-refractivity contribution in [2.75, 3.05) is 23.4 Å². The van der Waals surface area contributed by atoms with Crippen LogP contribution in [0.1, 0.15) is 0 Å². The second kappa shape index (κ2) is 7.42. The smallest absolute Gasteiger partial charge is 0.328 e. The molecular formula is C18H13ClFN3O3S. The van der Waals surface area contributed by atoms with Crippen molar-refractivity contribution < 1.29 is 18.7 Å². The Bertz CT molecular complexity index is 997. The SMILES string of the molecule is O=C(Nc1ncc(Oc2cccc(F)c2)s1)N1CCOc2cc(Cl)ccc21. The number of hydrogen-bond acceptors (Lipinski definition) is 5. The number of carbonyl (C=O) groups is 1. The number of carbonyl (C=O) groups excluding carboxylic acids is 1. The molecule has 9 heteroatoms. The van der Waals surface area contributed by atoms with E-state index in [2.05, 4.69) is 10.3 Å². The number of anilines is 2. The number of thiazole rings is 1. The fourth-order valence-electron chi connectivity index (χ4n) is 2.57. The lowest BCUT2D eigenvalue weighted by Gasteiger charge is -2.29. The first-order valence-corrected chi connectivity index (χ1v) is 9.18. The van der Waals surface area contributed by atoms with Crippen LogP contribution in [-0.2, 0) is 0 Å². The van der Waals surface area contributed by atoms with Crippen molar-refractivity contribution in [2.24, 2.45) is 0 Å². The molecule has 0 spiro atoms. The highest BCUT2D eigenvalue weighted by Gasteiger charge is 2.24. The number of halogens is 2. The second-order valence-electron chi connectivity index (χ2n) is 5.59. The minimum absolute atomic E-state index is 0.339. The summed E-state index contributed by atoms with van der Waals surface area (Å²) in [6.45, 7) is 0.769. The van der Waals surface area contributed by atoms with Gasteiger partial charge in [0.05, 0.1) is 18.4 Å². The third-order valence-corrected chi connectivity index (χ3v) is 4.77. The number of amides is 2. The van der Waals surface area contributed by atoms with E-state index in [0.29, 0.717) is 45.6 Å². The number of nitrogens with zero attached hydrogens (tertiary/aromatic N) is 2. The number of urea groups is 1. The first kappa shape index (κ1) is 17.6. The highest BCUT2D eigenvalue weighted by Crippen LogP contribution is 2.35. The van der Waals surface area contributed by atoms with Gasteiger partial charge in [0.15, 0.2) is 5.13 Å². The first-order chi connectivity index (χ1) is 13.1. The van der Waals surface area contributed by atoms with Gasteiger partial charge in [-0.15, -0.1) is 0 Å². The molecule has 1 N–H and O–H groups in total. The van der Waals surface area contributed by atoms with Crippen LogP contribution in [0.2, 0.25) is 5.02 Å². The van der Waals surface area contributed by atoms with Crippen LogP contribution in [0.4, 0.5) is 20.0 Å². The fourth-order valence-corrected chi connectivity index (χ4v) is 3.41. The van der Waals surface area contributed by atoms with Gasteiger partial charge in [0.25, 0.3) is 0 Å².